The number of carbonyl (C=O) groups is 2. The fraction of sp³-hybridized carbons (Fsp3) is 0.467. The van der Waals surface area contributed by atoms with Crippen LogP contribution >= 0.6 is 15.9 Å². The minimum atomic E-state index is -0.485. The van der Waals surface area contributed by atoms with Crippen LogP contribution in [0.4, 0.5) is 0 Å². The number of nitrogens with zero attached hydrogens (tertiary/aromatic N) is 1. The van der Waals surface area contributed by atoms with Crippen molar-refractivity contribution < 1.29 is 9.59 Å². The second-order valence-electron chi connectivity index (χ2n) is 5.77. The molecule has 0 fully saturated rings. The molecule has 0 aliphatic carbocycles. The number of nitrogens with one attached hydrogen (secondary N) is 1. The zero-order valence-electron chi connectivity index (χ0n) is 12.4. The molecule has 0 spiro atoms. The van der Waals surface area contributed by atoms with Crippen molar-refractivity contribution in [2.45, 2.75) is 27.3 Å². The van der Waals surface area contributed by atoms with Crippen molar-refractivity contribution in [2.75, 3.05) is 13.6 Å². The van der Waals surface area contributed by atoms with Crippen LogP contribution in [-0.4, -0.2) is 30.3 Å². The van der Waals surface area contributed by atoms with Gasteiger partial charge in [-0.25, -0.2) is 0 Å². The summed E-state index contributed by atoms with van der Waals surface area (Å²) in [6.07, 6.45) is 0. The number of likely N-dealkylation sites (N-methyl/N-ethyl adjacent to an activating group) is 1. The van der Waals surface area contributed by atoms with E-state index in [1.807, 2.05) is 45.0 Å². The van der Waals surface area contributed by atoms with E-state index in [4.69, 9.17) is 0 Å². The molecule has 0 atom stereocenters. The molecular weight excluding hydrogens is 320 g/mol. The molecule has 1 aromatic rings. The molecule has 0 unspecified atom stereocenters. The zero-order chi connectivity index (χ0) is 15.3. The molecule has 0 aliphatic heterocycles. The highest BCUT2D eigenvalue weighted by Gasteiger charge is 2.22. The van der Waals surface area contributed by atoms with Crippen LogP contribution in [0.1, 0.15) is 26.3 Å². The van der Waals surface area contributed by atoms with Crippen molar-refractivity contribution in [1.82, 2.24) is 10.2 Å². The molecule has 20 heavy (non-hydrogen) atoms. The Morgan fingerprint density at radius 1 is 1.25 bits per heavy atom. The first-order valence-electron chi connectivity index (χ1n) is 6.47. The van der Waals surface area contributed by atoms with E-state index in [9.17, 15) is 9.59 Å². The normalized spacial score (nSPS) is 11.1. The number of hydrogen-bond donors (Lipinski definition) is 1. The van der Waals surface area contributed by atoms with Crippen LogP contribution in [0.3, 0.4) is 0 Å². The maximum Gasteiger partial charge on any atom is 0.242 e. The molecule has 0 saturated carbocycles. The van der Waals surface area contributed by atoms with E-state index in [-0.39, 0.29) is 18.4 Å². The molecule has 0 heterocycles. The molecule has 4 nitrogen and oxygen atoms in total. The predicted octanol–water partition coefficient (Wildman–Crippen LogP) is 2.57. The predicted molar refractivity (Wildman–Crippen MR) is 83.1 cm³/mol. The Bertz CT molecular complexity index is 495. The zero-order valence-corrected chi connectivity index (χ0v) is 14.0. The summed E-state index contributed by atoms with van der Waals surface area (Å²) in [7, 11) is 1.73. The third kappa shape index (κ3) is 4.96. The summed E-state index contributed by atoms with van der Waals surface area (Å²) >= 11 is 3.45. The monoisotopic (exact) mass is 340 g/mol. The van der Waals surface area contributed by atoms with Gasteiger partial charge in [-0.3, -0.25) is 9.59 Å². The van der Waals surface area contributed by atoms with E-state index < -0.39 is 5.41 Å². The minimum Gasteiger partial charge on any atom is -0.347 e. The summed E-state index contributed by atoms with van der Waals surface area (Å²) < 4.78 is 0.971. The molecular formula is C15H21BrN2O2. The molecule has 1 aromatic carbocycles. The molecule has 0 aromatic heterocycles. The van der Waals surface area contributed by atoms with Crippen LogP contribution < -0.4 is 5.32 Å². The van der Waals surface area contributed by atoms with Crippen molar-refractivity contribution in [2.24, 2.45) is 5.41 Å². The SMILES string of the molecule is CN(Cc1ccccc1Br)C(=O)CNC(=O)C(C)(C)C. The van der Waals surface area contributed by atoms with Gasteiger partial charge < -0.3 is 10.2 Å². The van der Waals surface area contributed by atoms with Gasteiger partial charge in [0.25, 0.3) is 0 Å². The van der Waals surface area contributed by atoms with E-state index in [1.54, 1.807) is 11.9 Å². The largest absolute Gasteiger partial charge is 0.347 e. The molecule has 5 heteroatoms. The van der Waals surface area contributed by atoms with Crippen molar-refractivity contribution in [3.8, 4) is 0 Å². The van der Waals surface area contributed by atoms with Gasteiger partial charge in [-0.1, -0.05) is 54.9 Å². The average molecular weight is 341 g/mol. The topological polar surface area (TPSA) is 49.4 Å². The van der Waals surface area contributed by atoms with Crippen molar-refractivity contribution >= 4 is 27.7 Å². The van der Waals surface area contributed by atoms with Gasteiger partial charge in [0.1, 0.15) is 0 Å². The van der Waals surface area contributed by atoms with E-state index in [2.05, 4.69) is 21.2 Å². The number of carbonyl (C=O) groups excluding carboxylic acids is 2. The van der Waals surface area contributed by atoms with Crippen LogP contribution in [0.5, 0.6) is 0 Å². The highest BCUT2D eigenvalue weighted by molar-refractivity contribution is 9.10. The van der Waals surface area contributed by atoms with Gasteiger partial charge in [-0.2, -0.15) is 0 Å². The Morgan fingerprint density at radius 2 is 1.85 bits per heavy atom. The standard InChI is InChI=1S/C15H21BrN2O2/c1-15(2,3)14(20)17-9-13(19)18(4)10-11-7-5-6-8-12(11)16/h5-8H,9-10H2,1-4H3,(H,17,20). The van der Waals surface area contributed by atoms with Crippen molar-refractivity contribution in [3.05, 3.63) is 34.3 Å². The Balaban J connectivity index is 2.52. The van der Waals surface area contributed by atoms with Crippen LogP contribution in [0.15, 0.2) is 28.7 Å². The van der Waals surface area contributed by atoms with Gasteiger partial charge in [-0.15, -0.1) is 0 Å². The lowest BCUT2D eigenvalue weighted by molar-refractivity contribution is -0.134. The van der Waals surface area contributed by atoms with E-state index >= 15 is 0 Å². The molecule has 0 radical (unpaired) electrons. The molecule has 2 amide bonds. The lowest BCUT2D eigenvalue weighted by Crippen LogP contribution is -2.42. The Hall–Kier alpha value is -1.36. The maximum atomic E-state index is 12.0. The first-order valence-corrected chi connectivity index (χ1v) is 7.27. The molecule has 0 bridgehead atoms. The van der Waals surface area contributed by atoms with Gasteiger partial charge in [0, 0.05) is 23.5 Å². The summed E-state index contributed by atoms with van der Waals surface area (Å²) in [5, 5.41) is 2.66. The highest BCUT2D eigenvalue weighted by Crippen LogP contribution is 2.17. The van der Waals surface area contributed by atoms with E-state index in [0.717, 1.165) is 10.0 Å². The molecule has 110 valence electrons. The first kappa shape index (κ1) is 16.7. The van der Waals surface area contributed by atoms with Crippen LogP contribution in [0.25, 0.3) is 0 Å². The second kappa shape index (κ2) is 6.88. The van der Waals surface area contributed by atoms with Gasteiger partial charge >= 0.3 is 0 Å². The Morgan fingerprint density at radius 3 is 2.40 bits per heavy atom. The van der Waals surface area contributed by atoms with Crippen LogP contribution in [0, 0.1) is 5.41 Å². The van der Waals surface area contributed by atoms with E-state index in [0.29, 0.717) is 6.54 Å². The van der Waals surface area contributed by atoms with Crippen molar-refractivity contribution in [3.63, 3.8) is 0 Å². The number of halogens is 1. The quantitative estimate of drug-likeness (QED) is 0.915. The smallest absolute Gasteiger partial charge is 0.242 e. The summed E-state index contributed by atoms with van der Waals surface area (Å²) in [4.78, 5) is 25.3. The van der Waals surface area contributed by atoms with Gasteiger partial charge in [0.2, 0.25) is 11.8 Å². The average Bonchev–Trinajstić information content (AvgIpc) is 2.36. The summed E-state index contributed by atoms with van der Waals surface area (Å²) in [5.74, 6) is -0.238. The minimum absolute atomic E-state index is 0.0249. The maximum absolute atomic E-state index is 12.0. The number of hydrogen-bond acceptors (Lipinski definition) is 2. The van der Waals surface area contributed by atoms with Gasteiger partial charge in [-0.05, 0) is 11.6 Å². The summed E-state index contributed by atoms with van der Waals surface area (Å²) in [6, 6.07) is 7.76. The third-order valence-electron chi connectivity index (χ3n) is 2.87. The lowest BCUT2D eigenvalue weighted by Gasteiger charge is -2.21. The number of amides is 2. The third-order valence-corrected chi connectivity index (χ3v) is 3.65. The first-order chi connectivity index (χ1) is 9.21. The summed E-state index contributed by atoms with van der Waals surface area (Å²) in [6.45, 7) is 5.98. The molecule has 1 N–H and O–H groups in total. The molecule has 0 aliphatic rings. The second-order valence-corrected chi connectivity index (χ2v) is 6.63. The molecule has 1 rings (SSSR count). The van der Waals surface area contributed by atoms with Crippen LogP contribution in [0.2, 0.25) is 0 Å². The number of benzene rings is 1. The number of rotatable bonds is 4. The van der Waals surface area contributed by atoms with Crippen molar-refractivity contribution in [1.29, 1.82) is 0 Å². The highest BCUT2D eigenvalue weighted by atomic mass is 79.9. The van der Waals surface area contributed by atoms with Gasteiger partial charge in [0.05, 0.1) is 6.54 Å². The van der Waals surface area contributed by atoms with E-state index in [1.165, 1.54) is 0 Å². The fourth-order valence-corrected chi connectivity index (χ4v) is 1.94. The Kier molecular flexibility index (Phi) is 5.74. The Labute approximate surface area is 128 Å². The van der Waals surface area contributed by atoms with Gasteiger partial charge in [0.15, 0.2) is 0 Å². The summed E-state index contributed by atoms with van der Waals surface area (Å²) in [5.41, 5.74) is 0.548. The lowest BCUT2D eigenvalue weighted by atomic mass is 9.96. The van der Waals surface area contributed by atoms with Crippen LogP contribution in [-0.2, 0) is 16.1 Å². The molecule has 0 saturated heterocycles. The fourth-order valence-electron chi connectivity index (χ4n) is 1.53.